The topological polar surface area (TPSA) is 58.9 Å². The number of halogens is 3. The van der Waals surface area contributed by atoms with E-state index in [4.69, 9.17) is 0 Å². The lowest BCUT2D eigenvalue weighted by Crippen LogP contribution is -2.52. The number of carbonyl (C=O) groups is 1. The van der Waals surface area contributed by atoms with Gasteiger partial charge in [0.15, 0.2) is 5.69 Å². The lowest BCUT2D eigenvalue weighted by Gasteiger charge is -2.30. The van der Waals surface area contributed by atoms with Gasteiger partial charge in [0.1, 0.15) is 5.82 Å². The van der Waals surface area contributed by atoms with Crippen molar-refractivity contribution in [1.82, 2.24) is 20.4 Å². The number of rotatable bonds is 3. The van der Waals surface area contributed by atoms with Crippen molar-refractivity contribution < 1.29 is 9.18 Å². The van der Waals surface area contributed by atoms with Crippen molar-refractivity contribution in [2.75, 3.05) is 6.54 Å². The van der Waals surface area contributed by atoms with Crippen LogP contribution in [0.2, 0.25) is 0 Å². The molecular formula is C16H19BrClFN4O. The van der Waals surface area contributed by atoms with Crippen LogP contribution in [-0.2, 0) is 0 Å². The molecule has 130 valence electrons. The van der Waals surface area contributed by atoms with E-state index < -0.39 is 0 Å². The summed E-state index contributed by atoms with van der Waals surface area (Å²) in [5.74, 6) is -0.519. The van der Waals surface area contributed by atoms with E-state index in [0.29, 0.717) is 15.9 Å². The van der Waals surface area contributed by atoms with Crippen LogP contribution in [0.1, 0.15) is 30.3 Å². The highest BCUT2D eigenvalue weighted by Gasteiger charge is 2.25. The molecule has 2 aromatic rings. The van der Waals surface area contributed by atoms with Crippen molar-refractivity contribution in [1.29, 1.82) is 0 Å². The number of carbonyl (C=O) groups excluding carboxylic acids is 1. The Morgan fingerprint density at radius 1 is 1.42 bits per heavy atom. The molecule has 5 nitrogen and oxygen atoms in total. The van der Waals surface area contributed by atoms with E-state index in [1.807, 2.05) is 0 Å². The molecule has 0 bridgehead atoms. The molecule has 2 heterocycles. The van der Waals surface area contributed by atoms with Crippen LogP contribution in [-0.4, -0.2) is 34.3 Å². The van der Waals surface area contributed by atoms with E-state index in [2.05, 4.69) is 38.6 Å². The standard InChI is InChI=1S/C16H18BrFN4O.ClH/c1-10-14(3-2-8-19-10)20-16(23)15-13(17)9-22(21-15)12-6-4-11(18)5-7-12;/h4-7,9-10,14,19H,2-3,8H2,1H3,(H,20,23);1H. The van der Waals surface area contributed by atoms with Crippen LogP contribution in [0.25, 0.3) is 5.69 Å². The third-order valence-corrected chi connectivity index (χ3v) is 4.63. The van der Waals surface area contributed by atoms with Gasteiger partial charge in [0.2, 0.25) is 0 Å². The Morgan fingerprint density at radius 3 is 2.79 bits per heavy atom. The van der Waals surface area contributed by atoms with Gasteiger partial charge in [-0.05, 0) is 66.5 Å². The summed E-state index contributed by atoms with van der Waals surface area (Å²) >= 11 is 3.38. The highest BCUT2D eigenvalue weighted by Crippen LogP contribution is 2.19. The zero-order valence-electron chi connectivity index (χ0n) is 13.1. The number of hydrogen-bond acceptors (Lipinski definition) is 3. The van der Waals surface area contributed by atoms with Crippen molar-refractivity contribution in [2.45, 2.75) is 31.8 Å². The predicted molar refractivity (Wildman–Crippen MR) is 96.4 cm³/mol. The summed E-state index contributed by atoms with van der Waals surface area (Å²) in [6, 6.07) is 6.29. The number of benzene rings is 1. The first kappa shape index (κ1) is 18.9. The maximum Gasteiger partial charge on any atom is 0.273 e. The minimum atomic E-state index is -0.309. The summed E-state index contributed by atoms with van der Waals surface area (Å²) < 4.78 is 15.2. The second-order valence-corrected chi connectivity index (χ2v) is 6.57. The predicted octanol–water partition coefficient (Wildman–Crippen LogP) is 3.07. The van der Waals surface area contributed by atoms with E-state index in [9.17, 15) is 9.18 Å². The maximum absolute atomic E-state index is 13.0. The van der Waals surface area contributed by atoms with Gasteiger partial charge in [-0.25, -0.2) is 9.07 Å². The minimum absolute atomic E-state index is 0. The molecule has 1 aliphatic rings. The molecule has 1 aromatic heterocycles. The highest BCUT2D eigenvalue weighted by molar-refractivity contribution is 9.10. The molecule has 1 aliphatic heterocycles. The van der Waals surface area contributed by atoms with E-state index in [1.54, 1.807) is 23.0 Å². The van der Waals surface area contributed by atoms with Crippen LogP contribution >= 0.6 is 28.3 Å². The average molecular weight is 418 g/mol. The van der Waals surface area contributed by atoms with Gasteiger partial charge < -0.3 is 10.6 Å². The summed E-state index contributed by atoms with van der Waals surface area (Å²) in [6.07, 6.45) is 3.70. The van der Waals surface area contributed by atoms with Gasteiger partial charge in [-0.3, -0.25) is 4.79 Å². The van der Waals surface area contributed by atoms with Gasteiger partial charge in [0, 0.05) is 18.3 Å². The molecule has 0 radical (unpaired) electrons. The number of nitrogens with one attached hydrogen (secondary N) is 2. The lowest BCUT2D eigenvalue weighted by atomic mass is 10.00. The fraction of sp³-hybridized carbons (Fsp3) is 0.375. The molecule has 0 saturated carbocycles. The van der Waals surface area contributed by atoms with E-state index in [0.717, 1.165) is 19.4 Å². The number of piperidine rings is 1. The van der Waals surface area contributed by atoms with Crippen molar-refractivity contribution >= 4 is 34.2 Å². The number of nitrogens with zero attached hydrogens (tertiary/aromatic N) is 2. The van der Waals surface area contributed by atoms with Crippen LogP contribution in [0, 0.1) is 5.82 Å². The summed E-state index contributed by atoms with van der Waals surface area (Å²) in [5.41, 5.74) is 1.02. The second kappa shape index (κ2) is 8.09. The van der Waals surface area contributed by atoms with Crippen LogP contribution in [0.15, 0.2) is 34.9 Å². The average Bonchev–Trinajstić information content (AvgIpc) is 2.92. The van der Waals surface area contributed by atoms with Crippen LogP contribution in [0.3, 0.4) is 0 Å². The summed E-state index contributed by atoms with van der Waals surface area (Å²) in [5, 5.41) is 10.7. The summed E-state index contributed by atoms with van der Waals surface area (Å²) in [7, 11) is 0. The fourth-order valence-electron chi connectivity index (χ4n) is 2.71. The second-order valence-electron chi connectivity index (χ2n) is 5.71. The zero-order chi connectivity index (χ0) is 16.4. The van der Waals surface area contributed by atoms with E-state index in [-0.39, 0.29) is 36.2 Å². The van der Waals surface area contributed by atoms with Gasteiger partial charge in [-0.2, -0.15) is 5.10 Å². The Kier molecular flexibility index (Phi) is 6.37. The quantitative estimate of drug-likeness (QED) is 0.807. The maximum atomic E-state index is 13.0. The number of aromatic nitrogens is 2. The summed E-state index contributed by atoms with van der Waals surface area (Å²) in [6.45, 7) is 3.05. The van der Waals surface area contributed by atoms with Gasteiger partial charge in [-0.1, -0.05) is 0 Å². The fourth-order valence-corrected chi connectivity index (χ4v) is 3.16. The first-order valence-electron chi connectivity index (χ1n) is 7.60. The molecule has 0 spiro atoms. The lowest BCUT2D eigenvalue weighted by molar-refractivity contribution is 0.0913. The Balaban J connectivity index is 0.00000208. The molecule has 1 amide bonds. The molecule has 1 saturated heterocycles. The van der Waals surface area contributed by atoms with Gasteiger partial charge in [-0.15, -0.1) is 12.4 Å². The largest absolute Gasteiger partial charge is 0.346 e. The first-order chi connectivity index (χ1) is 11.0. The Morgan fingerprint density at radius 2 is 2.12 bits per heavy atom. The number of amides is 1. The molecule has 1 fully saturated rings. The third-order valence-electron chi connectivity index (χ3n) is 4.05. The molecule has 1 aromatic carbocycles. The molecule has 2 N–H and O–H groups in total. The van der Waals surface area contributed by atoms with E-state index in [1.165, 1.54) is 12.1 Å². The Bertz CT molecular complexity index is 707. The van der Waals surface area contributed by atoms with Crippen molar-refractivity contribution in [2.24, 2.45) is 0 Å². The van der Waals surface area contributed by atoms with Crippen LogP contribution in [0.4, 0.5) is 4.39 Å². The smallest absolute Gasteiger partial charge is 0.273 e. The Hall–Kier alpha value is -1.44. The van der Waals surface area contributed by atoms with Gasteiger partial charge >= 0.3 is 0 Å². The Labute approximate surface area is 154 Å². The first-order valence-corrected chi connectivity index (χ1v) is 8.39. The molecule has 8 heteroatoms. The number of hydrogen-bond donors (Lipinski definition) is 2. The van der Waals surface area contributed by atoms with Crippen molar-refractivity contribution in [3.8, 4) is 5.69 Å². The van der Waals surface area contributed by atoms with Crippen LogP contribution < -0.4 is 10.6 Å². The van der Waals surface area contributed by atoms with Crippen molar-refractivity contribution in [3.63, 3.8) is 0 Å². The third kappa shape index (κ3) is 4.15. The van der Waals surface area contributed by atoms with Crippen LogP contribution in [0.5, 0.6) is 0 Å². The molecule has 24 heavy (non-hydrogen) atoms. The van der Waals surface area contributed by atoms with E-state index >= 15 is 0 Å². The SMILES string of the molecule is CC1NCCCC1NC(=O)c1nn(-c2ccc(F)cc2)cc1Br.Cl. The summed E-state index contributed by atoms with van der Waals surface area (Å²) in [4.78, 5) is 12.5. The molecule has 2 atom stereocenters. The minimum Gasteiger partial charge on any atom is -0.346 e. The molecular weight excluding hydrogens is 399 g/mol. The normalized spacial score (nSPS) is 20.3. The van der Waals surface area contributed by atoms with Crippen molar-refractivity contribution in [3.05, 3.63) is 46.4 Å². The van der Waals surface area contributed by atoms with Gasteiger partial charge in [0.25, 0.3) is 5.91 Å². The highest BCUT2D eigenvalue weighted by atomic mass is 79.9. The molecule has 2 unspecified atom stereocenters. The zero-order valence-corrected chi connectivity index (χ0v) is 15.5. The van der Waals surface area contributed by atoms with Gasteiger partial charge in [0.05, 0.1) is 10.2 Å². The monoisotopic (exact) mass is 416 g/mol. The molecule has 3 rings (SSSR count). The molecule has 0 aliphatic carbocycles.